The van der Waals surface area contributed by atoms with Gasteiger partial charge in [-0.1, -0.05) is 34.1 Å². The average molecular weight is 251 g/mol. The Labute approximate surface area is 112 Å². The number of hydrogen-bond donors (Lipinski definition) is 1. The highest BCUT2D eigenvalue weighted by atomic mass is 15.3. The van der Waals surface area contributed by atoms with Gasteiger partial charge in [0.1, 0.15) is 0 Å². The fraction of sp³-hybridized carbons (Fsp3) is 0.800. The van der Waals surface area contributed by atoms with E-state index in [9.17, 15) is 0 Å². The zero-order chi connectivity index (χ0) is 14.0. The van der Waals surface area contributed by atoms with E-state index in [0.29, 0.717) is 0 Å². The number of aromatic nitrogens is 2. The van der Waals surface area contributed by atoms with Crippen LogP contribution in [0.5, 0.6) is 0 Å². The average Bonchev–Trinajstić information content (AvgIpc) is 2.56. The normalized spacial score (nSPS) is 13.1. The maximum Gasteiger partial charge on any atom is 0.0722 e. The molecular formula is C15H29N3. The molecule has 1 aromatic rings. The molecule has 0 saturated heterocycles. The minimum atomic E-state index is 0.104. The summed E-state index contributed by atoms with van der Waals surface area (Å²) in [5.41, 5.74) is 2.81. The summed E-state index contributed by atoms with van der Waals surface area (Å²) in [7, 11) is 2.00. The van der Waals surface area contributed by atoms with E-state index in [1.165, 1.54) is 24.1 Å². The van der Waals surface area contributed by atoms with E-state index in [1.807, 2.05) is 11.7 Å². The fourth-order valence-corrected chi connectivity index (χ4v) is 2.35. The summed E-state index contributed by atoms with van der Waals surface area (Å²) in [6, 6.07) is 0. The first kappa shape index (κ1) is 15.2. The third kappa shape index (κ3) is 4.13. The second-order valence-electron chi connectivity index (χ2n) is 6.91. The largest absolute Gasteiger partial charge is 0.308 e. The Balaban J connectivity index is 2.79. The molecule has 3 heteroatoms. The number of rotatable bonds is 5. The van der Waals surface area contributed by atoms with Gasteiger partial charge in [-0.15, -0.1) is 0 Å². The Morgan fingerprint density at radius 1 is 1.22 bits per heavy atom. The van der Waals surface area contributed by atoms with Crippen LogP contribution in [0.25, 0.3) is 0 Å². The molecule has 1 rings (SSSR count). The maximum atomic E-state index is 4.61. The first-order chi connectivity index (χ1) is 8.15. The van der Waals surface area contributed by atoms with Gasteiger partial charge in [-0.05, 0) is 20.3 Å². The third-order valence-electron chi connectivity index (χ3n) is 3.25. The van der Waals surface area contributed by atoms with Gasteiger partial charge in [0.2, 0.25) is 0 Å². The lowest BCUT2D eigenvalue weighted by atomic mass is 9.89. The molecule has 0 radical (unpaired) electrons. The van der Waals surface area contributed by atoms with Crippen molar-refractivity contribution in [3.63, 3.8) is 0 Å². The number of nitrogens with one attached hydrogen (secondary N) is 1. The van der Waals surface area contributed by atoms with Crippen LogP contribution in [0.2, 0.25) is 0 Å². The van der Waals surface area contributed by atoms with Crippen LogP contribution >= 0.6 is 0 Å². The molecule has 0 fully saturated rings. The summed E-state index contributed by atoms with van der Waals surface area (Å²) < 4.78 is 1.92. The highest BCUT2D eigenvalue weighted by molar-refractivity contribution is 5.24. The van der Waals surface area contributed by atoms with Crippen molar-refractivity contribution < 1.29 is 0 Å². The van der Waals surface area contributed by atoms with Crippen molar-refractivity contribution in [2.45, 2.75) is 71.9 Å². The highest BCUT2D eigenvalue weighted by Gasteiger charge is 2.23. The van der Waals surface area contributed by atoms with Crippen LogP contribution in [0.4, 0.5) is 0 Å². The zero-order valence-electron chi connectivity index (χ0n) is 13.1. The van der Waals surface area contributed by atoms with Crippen molar-refractivity contribution in [1.82, 2.24) is 15.1 Å². The lowest BCUT2D eigenvalue weighted by Crippen LogP contribution is -2.38. The van der Waals surface area contributed by atoms with Crippen LogP contribution in [0, 0.1) is 0 Å². The van der Waals surface area contributed by atoms with E-state index < -0.39 is 0 Å². The summed E-state index contributed by atoms with van der Waals surface area (Å²) in [6.07, 6.45) is 4.53. The predicted molar refractivity (Wildman–Crippen MR) is 77.7 cm³/mol. The van der Waals surface area contributed by atoms with Gasteiger partial charge >= 0.3 is 0 Å². The van der Waals surface area contributed by atoms with Crippen molar-refractivity contribution in [2.75, 3.05) is 0 Å². The van der Waals surface area contributed by atoms with E-state index in [0.717, 1.165) is 6.54 Å². The van der Waals surface area contributed by atoms with Crippen molar-refractivity contribution in [3.8, 4) is 0 Å². The molecule has 0 aliphatic heterocycles. The minimum absolute atomic E-state index is 0.104. The molecule has 0 aliphatic carbocycles. The maximum absolute atomic E-state index is 4.61. The smallest absolute Gasteiger partial charge is 0.0722 e. The molecule has 1 N–H and O–H groups in total. The van der Waals surface area contributed by atoms with E-state index in [1.54, 1.807) is 0 Å². The molecule has 3 nitrogen and oxygen atoms in total. The van der Waals surface area contributed by atoms with Crippen LogP contribution < -0.4 is 5.32 Å². The van der Waals surface area contributed by atoms with Gasteiger partial charge in [0, 0.05) is 36.3 Å². The molecule has 0 amide bonds. The van der Waals surface area contributed by atoms with Gasteiger partial charge in [-0.2, -0.15) is 5.10 Å². The lowest BCUT2D eigenvalue weighted by molar-refractivity contribution is 0.355. The monoisotopic (exact) mass is 251 g/mol. The lowest BCUT2D eigenvalue weighted by Gasteiger charge is -2.26. The Kier molecular flexibility index (Phi) is 4.60. The number of nitrogens with zero attached hydrogens (tertiary/aromatic N) is 2. The molecule has 0 aliphatic rings. The molecular weight excluding hydrogens is 222 g/mol. The summed E-state index contributed by atoms with van der Waals surface area (Å²) in [5.74, 6) is 0. The fourth-order valence-electron chi connectivity index (χ4n) is 2.35. The third-order valence-corrected chi connectivity index (χ3v) is 3.25. The molecule has 0 bridgehead atoms. The SMILES string of the molecule is CCCC(C)(C)NCc1cn(C)nc1C(C)(C)C. The van der Waals surface area contributed by atoms with E-state index in [4.69, 9.17) is 0 Å². The quantitative estimate of drug-likeness (QED) is 0.869. The molecule has 0 unspecified atom stereocenters. The molecule has 1 aromatic heterocycles. The molecule has 0 spiro atoms. The van der Waals surface area contributed by atoms with Crippen LogP contribution in [0.3, 0.4) is 0 Å². The van der Waals surface area contributed by atoms with Crippen LogP contribution in [-0.2, 0) is 19.0 Å². The van der Waals surface area contributed by atoms with E-state index in [2.05, 4.69) is 58.2 Å². The minimum Gasteiger partial charge on any atom is -0.308 e. The van der Waals surface area contributed by atoms with Crippen molar-refractivity contribution in [2.24, 2.45) is 7.05 Å². The van der Waals surface area contributed by atoms with Crippen LogP contribution in [0.15, 0.2) is 6.20 Å². The summed E-state index contributed by atoms with van der Waals surface area (Å²) in [6.45, 7) is 14.3. The second-order valence-corrected chi connectivity index (χ2v) is 6.91. The van der Waals surface area contributed by atoms with Gasteiger partial charge in [-0.3, -0.25) is 4.68 Å². The van der Waals surface area contributed by atoms with Crippen molar-refractivity contribution in [3.05, 3.63) is 17.5 Å². The van der Waals surface area contributed by atoms with Crippen molar-refractivity contribution >= 4 is 0 Å². The summed E-state index contributed by atoms with van der Waals surface area (Å²) in [5, 5.41) is 8.25. The second kappa shape index (κ2) is 5.43. The molecule has 1 heterocycles. The topological polar surface area (TPSA) is 29.9 Å². The molecule has 0 aromatic carbocycles. The Morgan fingerprint density at radius 2 is 1.83 bits per heavy atom. The van der Waals surface area contributed by atoms with Crippen molar-refractivity contribution in [1.29, 1.82) is 0 Å². The van der Waals surface area contributed by atoms with E-state index in [-0.39, 0.29) is 11.0 Å². The summed E-state index contributed by atoms with van der Waals surface area (Å²) >= 11 is 0. The predicted octanol–water partition coefficient (Wildman–Crippen LogP) is 3.39. The molecule has 0 atom stereocenters. The molecule has 18 heavy (non-hydrogen) atoms. The first-order valence-corrected chi connectivity index (χ1v) is 6.94. The van der Waals surface area contributed by atoms with Gasteiger partial charge in [0.05, 0.1) is 5.69 Å². The summed E-state index contributed by atoms with van der Waals surface area (Å²) in [4.78, 5) is 0. The Bertz CT molecular complexity index is 383. The number of hydrogen-bond acceptors (Lipinski definition) is 2. The van der Waals surface area contributed by atoms with Gasteiger partial charge in [-0.25, -0.2) is 0 Å². The standard InChI is InChI=1S/C15H29N3/c1-8-9-15(5,6)16-10-12-11-18(7)17-13(12)14(2,3)4/h11,16H,8-10H2,1-7H3. The first-order valence-electron chi connectivity index (χ1n) is 6.94. The number of aryl methyl sites for hydroxylation is 1. The zero-order valence-corrected chi connectivity index (χ0v) is 13.1. The molecule has 104 valence electrons. The highest BCUT2D eigenvalue weighted by Crippen LogP contribution is 2.24. The van der Waals surface area contributed by atoms with Gasteiger partial charge < -0.3 is 5.32 Å². The van der Waals surface area contributed by atoms with E-state index >= 15 is 0 Å². The van der Waals surface area contributed by atoms with Gasteiger partial charge in [0.15, 0.2) is 0 Å². The Morgan fingerprint density at radius 3 is 2.33 bits per heavy atom. The van der Waals surface area contributed by atoms with Gasteiger partial charge in [0.25, 0.3) is 0 Å². The van der Waals surface area contributed by atoms with Crippen LogP contribution in [-0.4, -0.2) is 15.3 Å². The Hall–Kier alpha value is -0.830. The van der Waals surface area contributed by atoms with Crippen LogP contribution in [0.1, 0.15) is 65.6 Å². The molecule has 0 saturated carbocycles.